The van der Waals surface area contributed by atoms with Crippen molar-refractivity contribution in [3.8, 4) is 0 Å². The van der Waals surface area contributed by atoms with Crippen LogP contribution in [0.2, 0.25) is 5.15 Å². The highest BCUT2D eigenvalue weighted by Gasteiger charge is 2.23. The first kappa shape index (κ1) is 13.1. The average molecular weight is 269 g/mol. The van der Waals surface area contributed by atoms with E-state index in [-0.39, 0.29) is 11.9 Å². The number of aromatic nitrogens is 2. The molecule has 2 heterocycles. The number of likely N-dealkylation sites (tertiary alicyclic amines) is 1. The second-order valence-electron chi connectivity index (χ2n) is 4.50. The number of anilines is 1. The van der Waals surface area contributed by atoms with Crippen LogP contribution in [0.4, 0.5) is 5.82 Å². The number of rotatable bonds is 3. The van der Waals surface area contributed by atoms with E-state index in [1.54, 1.807) is 4.90 Å². The van der Waals surface area contributed by atoms with Gasteiger partial charge in [0.05, 0.1) is 0 Å². The minimum absolute atomic E-state index is 0.199. The van der Waals surface area contributed by atoms with Gasteiger partial charge in [-0.25, -0.2) is 9.97 Å². The van der Waals surface area contributed by atoms with Crippen molar-refractivity contribution in [2.75, 3.05) is 18.9 Å². The van der Waals surface area contributed by atoms with Crippen LogP contribution in [0, 0.1) is 0 Å². The maximum absolute atomic E-state index is 11.4. The minimum Gasteiger partial charge on any atom is -0.365 e. The van der Waals surface area contributed by atoms with Crippen molar-refractivity contribution in [2.24, 2.45) is 0 Å². The molecule has 5 nitrogen and oxygen atoms in total. The lowest BCUT2D eigenvalue weighted by Crippen LogP contribution is -2.43. The van der Waals surface area contributed by atoms with Crippen LogP contribution in [0.5, 0.6) is 0 Å². The fourth-order valence-corrected chi connectivity index (χ4v) is 2.42. The third-order valence-electron chi connectivity index (χ3n) is 3.21. The monoisotopic (exact) mass is 268 g/mol. The SMILES string of the molecule is CCc1c(Cl)ncnc1NC1CCC(=O)N(C)C1. The Morgan fingerprint density at radius 1 is 1.56 bits per heavy atom. The van der Waals surface area contributed by atoms with Gasteiger partial charge in [0, 0.05) is 31.6 Å². The van der Waals surface area contributed by atoms with Gasteiger partial charge in [-0.15, -0.1) is 0 Å². The number of hydrogen-bond acceptors (Lipinski definition) is 4. The number of halogens is 1. The summed E-state index contributed by atoms with van der Waals surface area (Å²) in [6, 6.07) is 0.226. The molecule has 1 aliphatic rings. The molecule has 1 atom stereocenters. The lowest BCUT2D eigenvalue weighted by Gasteiger charge is -2.30. The van der Waals surface area contributed by atoms with Gasteiger partial charge in [-0.1, -0.05) is 18.5 Å². The van der Waals surface area contributed by atoms with Crippen LogP contribution < -0.4 is 5.32 Å². The quantitative estimate of drug-likeness (QED) is 0.848. The number of hydrogen-bond donors (Lipinski definition) is 1. The third kappa shape index (κ3) is 2.72. The van der Waals surface area contributed by atoms with Crippen molar-refractivity contribution in [1.82, 2.24) is 14.9 Å². The van der Waals surface area contributed by atoms with Gasteiger partial charge in [0.15, 0.2) is 0 Å². The summed E-state index contributed by atoms with van der Waals surface area (Å²) in [5.41, 5.74) is 0.929. The molecule has 1 unspecified atom stereocenters. The Morgan fingerprint density at radius 2 is 2.33 bits per heavy atom. The van der Waals surface area contributed by atoms with E-state index in [9.17, 15) is 4.79 Å². The summed E-state index contributed by atoms with van der Waals surface area (Å²) in [5.74, 6) is 0.981. The Kier molecular flexibility index (Phi) is 4.01. The summed E-state index contributed by atoms with van der Waals surface area (Å²) >= 11 is 6.04. The van der Waals surface area contributed by atoms with E-state index in [0.29, 0.717) is 18.1 Å². The van der Waals surface area contributed by atoms with Gasteiger partial charge < -0.3 is 10.2 Å². The number of carbonyl (C=O) groups is 1. The van der Waals surface area contributed by atoms with E-state index in [4.69, 9.17) is 11.6 Å². The number of nitrogens with zero attached hydrogens (tertiary/aromatic N) is 3. The lowest BCUT2D eigenvalue weighted by atomic mass is 10.1. The summed E-state index contributed by atoms with van der Waals surface area (Å²) in [6.07, 6.45) is 3.65. The molecule has 1 saturated heterocycles. The molecule has 2 rings (SSSR count). The number of nitrogens with one attached hydrogen (secondary N) is 1. The molecule has 0 aliphatic carbocycles. The van der Waals surface area contributed by atoms with E-state index < -0.39 is 0 Å². The van der Waals surface area contributed by atoms with E-state index in [1.807, 2.05) is 14.0 Å². The molecular weight excluding hydrogens is 252 g/mol. The molecule has 98 valence electrons. The first-order valence-corrected chi connectivity index (χ1v) is 6.49. The molecule has 1 aromatic heterocycles. The fraction of sp³-hybridized carbons (Fsp3) is 0.583. The summed E-state index contributed by atoms with van der Waals surface area (Å²) in [6.45, 7) is 2.72. The maximum atomic E-state index is 11.4. The first-order valence-electron chi connectivity index (χ1n) is 6.11. The smallest absolute Gasteiger partial charge is 0.222 e. The van der Waals surface area contributed by atoms with Gasteiger partial charge in [-0.3, -0.25) is 4.79 Å². The summed E-state index contributed by atoms with van der Waals surface area (Å²) in [4.78, 5) is 21.4. The van der Waals surface area contributed by atoms with Gasteiger partial charge in [0.25, 0.3) is 0 Å². The zero-order valence-corrected chi connectivity index (χ0v) is 11.4. The molecule has 0 saturated carbocycles. The second kappa shape index (κ2) is 5.52. The van der Waals surface area contributed by atoms with Crippen LogP contribution >= 0.6 is 11.6 Å². The van der Waals surface area contributed by atoms with Crippen molar-refractivity contribution < 1.29 is 4.79 Å². The van der Waals surface area contributed by atoms with Gasteiger partial charge in [-0.05, 0) is 12.8 Å². The summed E-state index contributed by atoms with van der Waals surface area (Å²) in [7, 11) is 1.82. The first-order chi connectivity index (χ1) is 8.61. The molecule has 0 bridgehead atoms. The molecule has 1 aliphatic heterocycles. The number of carbonyl (C=O) groups excluding carboxylic acids is 1. The number of amides is 1. The average Bonchev–Trinajstić information content (AvgIpc) is 2.34. The Hall–Kier alpha value is -1.36. The standard InChI is InChI=1S/C12H17ClN4O/c1-3-9-11(13)14-7-15-12(9)16-8-4-5-10(18)17(2)6-8/h7-8H,3-6H2,1-2H3,(H,14,15,16). The van der Waals surface area contributed by atoms with Crippen LogP contribution in [-0.2, 0) is 11.2 Å². The third-order valence-corrected chi connectivity index (χ3v) is 3.54. The Balaban J connectivity index is 2.10. The maximum Gasteiger partial charge on any atom is 0.222 e. The van der Waals surface area contributed by atoms with Crippen molar-refractivity contribution in [3.05, 3.63) is 17.0 Å². The number of likely N-dealkylation sites (N-methyl/N-ethyl adjacent to an activating group) is 1. The van der Waals surface area contributed by atoms with Crippen molar-refractivity contribution in [3.63, 3.8) is 0 Å². The molecule has 1 fully saturated rings. The predicted molar refractivity (Wildman–Crippen MR) is 70.7 cm³/mol. The molecule has 0 aromatic carbocycles. The van der Waals surface area contributed by atoms with Gasteiger partial charge in [0.1, 0.15) is 17.3 Å². The van der Waals surface area contributed by atoms with Crippen molar-refractivity contribution >= 4 is 23.3 Å². The summed E-state index contributed by atoms with van der Waals surface area (Å²) in [5, 5.41) is 3.86. The normalized spacial score (nSPS) is 20.1. The molecule has 1 aromatic rings. The van der Waals surface area contributed by atoms with Crippen molar-refractivity contribution in [2.45, 2.75) is 32.2 Å². The Morgan fingerprint density at radius 3 is 3.00 bits per heavy atom. The van der Waals surface area contributed by atoms with Crippen LogP contribution in [0.25, 0.3) is 0 Å². The second-order valence-corrected chi connectivity index (χ2v) is 4.86. The minimum atomic E-state index is 0.199. The Bertz CT molecular complexity index is 452. The van der Waals surface area contributed by atoms with Crippen LogP contribution in [0.15, 0.2) is 6.33 Å². The molecule has 1 amide bonds. The highest BCUT2D eigenvalue weighted by atomic mass is 35.5. The highest BCUT2D eigenvalue weighted by Crippen LogP contribution is 2.22. The van der Waals surface area contributed by atoms with E-state index in [0.717, 1.165) is 24.2 Å². The molecule has 6 heteroatoms. The van der Waals surface area contributed by atoms with E-state index >= 15 is 0 Å². The van der Waals surface area contributed by atoms with Crippen LogP contribution in [0.3, 0.4) is 0 Å². The topological polar surface area (TPSA) is 58.1 Å². The molecule has 18 heavy (non-hydrogen) atoms. The molecule has 0 spiro atoms. The van der Waals surface area contributed by atoms with E-state index in [2.05, 4.69) is 15.3 Å². The van der Waals surface area contributed by atoms with Crippen molar-refractivity contribution in [1.29, 1.82) is 0 Å². The van der Waals surface area contributed by atoms with Crippen LogP contribution in [-0.4, -0.2) is 40.4 Å². The van der Waals surface area contributed by atoms with Gasteiger partial charge in [0.2, 0.25) is 5.91 Å². The molecular formula is C12H17ClN4O. The molecule has 1 N–H and O–H groups in total. The lowest BCUT2D eigenvalue weighted by molar-refractivity contribution is -0.132. The van der Waals surface area contributed by atoms with Crippen LogP contribution in [0.1, 0.15) is 25.3 Å². The van der Waals surface area contributed by atoms with E-state index in [1.165, 1.54) is 6.33 Å². The summed E-state index contributed by atoms with van der Waals surface area (Å²) < 4.78 is 0. The van der Waals surface area contributed by atoms with Gasteiger partial charge >= 0.3 is 0 Å². The largest absolute Gasteiger partial charge is 0.365 e. The predicted octanol–water partition coefficient (Wildman–Crippen LogP) is 1.73. The highest BCUT2D eigenvalue weighted by molar-refractivity contribution is 6.30. The fourth-order valence-electron chi connectivity index (χ4n) is 2.15. The van der Waals surface area contributed by atoms with Gasteiger partial charge in [-0.2, -0.15) is 0 Å². The zero-order valence-electron chi connectivity index (χ0n) is 10.6. The molecule has 0 radical (unpaired) electrons. The zero-order chi connectivity index (χ0) is 13.1. The number of piperidine rings is 1. The Labute approximate surface area is 112 Å².